The van der Waals surface area contributed by atoms with Gasteiger partial charge in [-0.05, 0) is 23.1 Å². The quantitative estimate of drug-likeness (QED) is 0.523. The third-order valence-electron chi connectivity index (χ3n) is 4.62. The Morgan fingerprint density at radius 3 is 2.23 bits per heavy atom. The largest absolute Gasteiger partial charge is 0.467 e. The average Bonchev–Trinajstić information content (AvgIpc) is 2.76. The zero-order valence-corrected chi connectivity index (χ0v) is 19.3. The van der Waals surface area contributed by atoms with Gasteiger partial charge in [0.05, 0.1) is 7.11 Å². The van der Waals surface area contributed by atoms with Crippen LogP contribution in [-0.4, -0.2) is 37.2 Å². The number of carbonyl (C=O) groups is 3. The van der Waals surface area contributed by atoms with Crippen molar-refractivity contribution in [2.24, 2.45) is 5.92 Å². The van der Waals surface area contributed by atoms with Gasteiger partial charge in [-0.25, -0.2) is 9.59 Å². The molecule has 0 saturated heterocycles. The van der Waals surface area contributed by atoms with Crippen LogP contribution < -0.4 is 10.6 Å². The number of esters is 1. The van der Waals surface area contributed by atoms with E-state index in [1.54, 1.807) is 13.8 Å². The third kappa shape index (κ3) is 7.71. The Labute approximate surface area is 190 Å². The molecular formula is C23H27BrN2O5. The summed E-state index contributed by atoms with van der Waals surface area (Å²) in [6.07, 6.45) is -0.471. The molecule has 0 aliphatic carbocycles. The highest BCUT2D eigenvalue weighted by molar-refractivity contribution is 9.10. The van der Waals surface area contributed by atoms with Crippen molar-refractivity contribution in [3.05, 3.63) is 70.2 Å². The summed E-state index contributed by atoms with van der Waals surface area (Å²) in [5.41, 5.74) is 1.68. The first-order valence-corrected chi connectivity index (χ1v) is 10.7. The molecule has 0 aliphatic rings. The van der Waals surface area contributed by atoms with Crippen molar-refractivity contribution in [1.82, 2.24) is 10.6 Å². The van der Waals surface area contributed by atoms with Crippen LogP contribution in [0.15, 0.2) is 59.1 Å². The number of nitrogens with one attached hydrogen (secondary N) is 2. The molecule has 8 heteroatoms. The molecule has 2 aromatic rings. The number of halogens is 1. The van der Waals surface area contributed by atoms with Crippen molar-refractivity contribution in [3.8, 4) is 0 Å². The highest BCUT2D eigenvalue weighted by Crippen LogP contribution is 2.18. The molecule has 2 aromatic carbocycles. The first-order chi connectivity index (χ1) is 14.8. The van der Waals surface area contributed by atoms with Gasteiger partial charge in [0.15, 0.2) is 0 Å². The van der Waals surface area contributed by atoms with E-state index in [9.17, 15) is 14.4 Å². The van der Waals surface area contributed by atoms with E-state index in [1.165, 1.54) is 7.11 Å². The normalized spacial score (nSPS) is 12.5. The number of rotatable bonds is 9. The number of alkyl carbamates (subject to hydrolysis) is 1. The molecule has 0 spiro atoms. The second-order valence-corrected chi connectivity index (χ2v) is 8.16. The van der Waals surface area contributed by atoms with E-state index in [0.717, 1.165) is 15.6 Å². The van der Waals surface area contributed by atoms with E-state index >= 15 is 0 Å². The lowest BCUT2D eigenvalue weighted by Crippen LogP contribution is -2.54. The first kappa shape index (κ1) is 24.4. The van der Waals surface area contributed by atoms with Gasteiger partial charge >= 0.3 is 12.1 Å². The summed E-state index contributed by atoms with van der Waals surface area (Å²) in [7, 11) is 1.26. The predicted octanol–water partition coefficient (Wildman–Crippen LogP) is 3.60. The number of amides is 2. The number of carbonyl (C=O) groups excluding carboxylic acids is 3. The van der Waals surface area contributed by atoms with Crippen LogP contribution >= 0.6 is 15.9 Å². The molecule has 0 heterocycles. The van der Waals surface area contributed by atoms with Crippen LogP contribution in [0.1, 0.15) is 25.0 Å². The van der Waals surface area contributed by atoms with Gasteiger partial charge in [0.25, 0.3) is 0 Å². The van der Waals surface area contributed by atoms with Crippen molar-refractivity contribution >= 4 is 33.9 Å². The minimum absolute atomic E-state index is 0.0892. The second kappa shape index (κ2) is 12.1. The molecule has 7 nitrogen and oxygen atoms in total. The zero-order chi connectivity index (χ0) is 22.8. The molecular weight excluding hydrogens is 464 g/mol. The summed E-state index contributed by atoms with van der Waals surface area (Å²) in [5, 5.41) is 5.29. The predicted molar refractivity (Wildman–Crippen MR) is 120 cm³/mol. The molecule has 2 rings (SSSR count). The Balaban J connectivity index is 2.03. The SMILES string of the molecule is COC(=O)[C@H](Cc1ccccc1Br)NC(=O)[C@@H](NC(=O)OCc1ccccc1)C(C)C. The lowest BCUT2D eigenvalue weighted by atomic mass is 10.0. The van der Waals surface area contributed by atoms with Gasteiger partial charge in [-0.2, -0.15) is 0 Å². The fraction of sp³-hybridized carbons (Fsp3) is 0.348. The molecule has 166 valence electrons. The number of benzene rings is 2. The van der Waals surface area contributed by atoms with Crippen LogP contribution in [0.25, 0.3) is 0 Å². The second-order valence-electron chi connectivity index (χ2n) is 7.31. The molecule has 2 atom stereocenters. The van der Waals surface area contributed by atoms with Crippen molar-refractivity contribution < 1.29 is 23.9 Å². The summed E-state index contributed by atoms with van der Waals surface area (Å²) in [5.74, 6) is -1.29. The van der Waals surface area contributed by atoms with E-state index in [0.29, 0.717) is 0 Å². The van der Waals surface area contributed by atoms with E-state index in [-0.39, 0.29) is 18.9 Å². The lowest BCUT2D eigenvalue weighted by molar-refractivity contribution is -0.145. The molecule has 0 bridgehead atoms. The molecule has 2 N–H and O–H groups in total. The minimum Gasteiger partial charge on any atom is -0.467 e. The van der Waals surface area contributed by atoms with Gasteiger partial charge in [0.2, 0.25) is 5.91 Å². The fourth-order valence-electron chi connectivity index (χ4n) is 2.91. The maximum absolute atomic E-state index is 12.9. The molecule has 0 saturated carbocycles. The summed E-state index contributed by atoms with van der Waals surface area (Å²) in [6.45, 7) is 3.68. The topological polar surface area (TPSA) is 93.7 Å². The maximum Gasteiger partial charge on any atom is 0.408 e. The Hall–Kier alpha value is -2.87. The van der Waals surface area contributed by atoms with Crippen molar-refractivity contribution in [3.63, 3.8) is 0 Å². The Kier molecular flexibility index (Phi) is 9.52. The molecule has 2 amide bonds. The average molecular weight is 491 g/mol. The Morgan fingerprint density at radius 1 is 0.968 bits per heavy atom. The van der Waals surface area contributed by atoms with Crippen LogP contribution in [0.2, 0.25) is 0 Å². The van der Waals surface area contributed by atoms with Gasteiger partial charge in [0.1, 0.15) is 18.7 Å². The minimum atomic E-state index is -0.903. The molecule has 0 aromatic heterocycles. The zero-order valence-electron chi connectivity index (χ0n) is 17.8. The van der Waals surface area contributed by atoms with E-state index < -0.39 is 30.1 Å². The molecule has 31 heavy (non-hydrogen) atoms. The first-order valence-electron chi connectivity index (χ1n) is 9.90. The Bertz CT molecular complexity index is 889. The van der Waals surface area contributed by atoms with E-state index in [2.05, 4.69) is 26.6 Å². The highest BCUT2D eigenvalue weighted by atomic mass is 79.9. The van der Waals surface area contributed by atoms with Gasteiger partial charge in [-0.1, -0.05) is 78.3 Å². The van der Waals surface area contributed by atoms with Crippen molar-refractivity contribution in [2.75, 3.05) is 7.11 Å². The summed E-state index contributed by atoms with van der Waals surface area (Å²) >= 11 is 3.45. The number of methoxy groups -OCH3 is 1. The van der Waals surface area contributed by atoms with Crippen LogP contribution in [0.5, 0.6) is 0 Å². The van der Waals surface area contributed by atoms with E-state index in [1.807, 2.05) is 54.6 Å². The van der Waals surface area contributed by atoms with Gasteiger partial charge < -0.3 is 20.1 Å². The van der Waals surface area contributed by atoms with Gasteiger partial charge in [-0.15, -0.1) is 0 Å². The van der Waals surface area contributed by atoms with Crippen molar-refractivity contribution in [1.29, 1.82) is 0 Å². The van der Waals surface area contributed by atoms with Crippen LogP contribution in [0.3, 0.4) is 0 Å². The number of hydrogen-bond donors (Lipinski definition) is 2. The maximum atomic E-state index is 12.9. The monoisotopic (exact) mass is 490 g/mol. The van der Waals surface area contributed by atoms with E-state index in [4.69, 9.17) is 9.47 Å². The summed E-state index contributed by atoms with van der Waals surface area (Å²) in [6, 6.07) is 14.9. The van der Waals surface area contributed by atoms with Crippen LogP contribution in [-0.2, 0) is 32.1 Å². The molecule has 0 unspecified atom stereocenters. The standard InChI is InChI=1S/C23H27BrN2O5/c1-15(2)20(26-23(29)31-14-16-9-5-4-6-10-16)21(27)25-19(22(28)30-3)13-17-11-7-8-12-18(17)24/h4-12,15,19-20H,13-14H2,1-3H3,(H,25,27)(H,26,29)/t19-,20-/m0/s1. The fourth-order valence-corrected chi connectivity index (χ4v) is 3.35. The lowest BCUT2D eigenvalue weighted by Gasteiger charge is -2.24. The molecule has 0 aliphatic heterocycles. The van der Waals surface area contributed by atoms with Crippen molar-refractivity contribution in [2.45, 2.75) is 39.0 Å². The van der Waals surface area contributed by atoms with Gasteiger partial charge in [-0.3, -0.25) is 4.79 Å². The molecule has 0 radical (unpaired) electrons. The van der Waals surface area contributed by atoms with Crippen LogP contribution in [0.4, 0.5) is 4.79 Å². The Morgan fingerprint density at radius 2 is 1.61 bits per heavy atom. The highest BCUT2D eigenvalue weighted by Gasteiger charge is 2.30. The number of ether oxygens (including phenoxy) is 2. The molecule has 0 fully saturated rings. The third-order valence-corrected chi connectivity index (χ3v) is 5.39. The van der Waals surface area contributed by atoms with Crippen LogP contribution in [0, 0.1) is 5.92 Å². The summed E-state index contributed by atoms with van der Waals surface area (Å²) < 4.78 is 10.9. The smallest absolute Gasteiger partial charge is 0.408 e. The summed E-state index contributed by atoms with van der Waals surface area (Å²) in [4.78, 5) is 37.4. The number of hydrogen-bond acceptors (Lipinski definition) is 5. The van der Waals surface area contributed by atoms with Gasteiger partial charge in [0, 0.05) is 10.9 Å².